The average Bonchev–Trinajstić information content (AvgIpc) is 4.35. The molecule has 0 aliphatic carbocycles. The number of anilines is 1. The predicted molar refractivity (Wildman–Crippen MR) is 329 cm³/mol. The van der Waals surface area contributed by atoms with Crippen LogP contribution in [0.5, 0.6) is 0 Å². The van der Waals surface area contributed by atoms with Gasteiger partial charge < -0.3 is 53.0 Å². The third kappa shape index (κ3) is 12.2. The zero-order chi connectivity index (χ0) is 57.8. The number of aryl methyl sites for hydroxylation is 1. The quantitative estimate of drug-likeness (QED) is 0.112. The van der Waals surface area contributed by atoms with E-state index in [1.165, 1.54) is 4.48 Å². The molecule has 3 aliphatic rings. The summed E-state index contributed by atoms with van der Waals surface area (Å²) in [4.78, 5) is 22.8. The van der Waals surface area contributed by atoms with Gasteiger partial charge in [0, 0.05) is 103 Å². The standard InChI is InChI=1S/C67H80BF2N7O5/c1-45-42-50(20-16-47-17-21-51(22-18-47)76-30-32-78-34-36-80-38-40-82-41-39-81-37-35-79-33-31-76)71-61(45)60(48-14-12-11-13-15-48)62-46(2)43-52(77(62)68(69)70)23-19-49-44-59-66(7,8)57-27-26-55(73-57)64(3,4)53-24-25-54(72-53)65(5,6)56-28-29-58(74-56)67(9,10)63(49)75-59/h11-29,42-44,72-75H,30-41H2,1-10H3/b20-16+,23-19+,61-60-. The molecule has 5 aromatic heterocycles. The maximum absolute atomic E-state index is 16.1. The second kappa shape index (κ2) is 24.4. The van der Waals surface area contributed by atoms with E-state index in [0.29, 0.717) is 107 Å². The van der Waals surface area contributed by atoms with Crippen LogP contribution in [-0.4, -0.2) is 117 Å². The molecule has 10 rings (SSSR count). The number of allylic oxidation sites excluding steroid dienone is 3. The molecule has 2 aromatic carbocycles. The molecule has 0 saturated carbocycles. The van der Waals surface area contributed by atoms with E-state index in [-0.39, 0.29) is 10.8 Å². The third-order valence-electron chi connectivity index (χ3n) is 16.8. The first kappa shape index (κ1) is 58.2. The molecule has 0 radical (unpaired) electrons. The van der Waals surface area contributed by atoms with Gasteiger partial charge in [0.05, 0.1) is 77.5 Å². The first-order chi connectivity index (χ1) is 39.3. The number of aromatic nitrogens is 5. The summed E-state index contributed by atoms with van der Waals surface area (Å²) in [6.45, 7) is 28.3. The maximum atomic E-state index is 16.1. The van der Waals surface area contributed by atoms with Gasteiger partial charge >= 0.3 is 7.40 Å². The first-order valence-electron chi connectivity index (χ1n) is 28.8. The molecular formula is C67H80BF2N7O5. The second-order valence-electron chi connectivity index (χ2n) is 23.9. The number of halogens is 2. The summed E-state index contributed by atoms with van der Waals surface area (Å²) >= 11 is 0. The lowest BCUT2D eigenvalue weighted by molar-refractivity contribution is -0.0116. The Labute approximate surface area is 483 Å². The predicted octanol–water partition coefficient (Wildman–Crippen LogP) is 13.4. The molecule has 1 fully saturated rings. The molecule has 0 unspecified atom stereocenters. The number of hydrogen-bond acceptors (Lipinski definition) is 7. The topological polar surface area (TPSA) is 130 Å². The largest absolute Gasteiger partial charge is 0.678 e. The fourth-order valence-corrected chi connectivity index (χ4v) is 11.5. The van der Waals surface area contributed by atoms with Crippen molar-refractivity contribution >= 4 is 42.6 Å². The van der Waals surface area contributed by atoms with E-state index in [1.807, 2.05) is 80.6 Å². The fourth-order valence-electron chi connectivity index (χ4n) is 11.5. The Morgan fingerprint density at radius 2 is 1.00 bits per heavy atom. The summed E-state index contributed by atoms with van der Waals surface area (Å²) in [7, 11) is -2.86. The zero-order valence-electron chi connectivity index (χ0n) is 49.4. The minimum atomic E-state index is -2.86. The monoisotopic (exact) mass is 1110 g/mol. The number of hydrogen-bond donors (Lipinski definition) is 4. The van der Waals surface area contributed by atoms with Crippen molar-refractivity contribution in [3.63, 3.8) is 0 Å². The van der Waals surface area contributed by atoms with Crippen LogP contribution in [-0.2, 0) is 45.3 Å². The van der Waals surface area contributed by atoms with Gasteiger partial charge in [0.15, 0.2) is 0 Å². The van der Waals surface area contributed by atoms with Crippen molar-refractivity contribution in [2.75, 3.05) is 84.1 Å². The minimum Gasteiger partial charge on any atom is -0.377 e. The molecule has 430 valence electrons. The molecule has 0 atom stereocenters. The van der Waals surface area contributed by atoms with E-state index >= 15 is 8.63 Å². The first-order valence-corrected chi connectivity index (χ1v) is 28.8. The molecule has 4 N–H and O–H groups in total. The Kier molecular flexibility index (Phi) is 17.4. The van der Waals surface area contributed by atoms with E-state index in [1.54, 1.807) is 0 Å². The van der Waals surface area contributed by atoms with Gasteiger partial charge in [-0.25, -0.2) is 4.99 Å². The highest BCUT2D eigenvalue weighted by atomic mass is 19.2. The second-order valence-corrected chi connectivity index (χ2v) is 23.9. The van der Waals surface area contributed by atoms with Gasteiger partial charge in [-0.1, -0.05) is 54.6 Å². The number of aromatic amines is 4. The normalized spacial score (nSPS) is 19.7. The van der Waals surface area contributed by atoms with Crippen LogP contribution in [0.25, 0.3) is 23.8 Å². The highest BCUT2D eigenvalue weighted by Gasteiger charge is 2.38. The lowest BCUT2D eigenvalue weighted by Gasteiger charge is -2.28. The number of nitrogens with zero attached hydrogens (tertiary/aromatic N) is 3. The molecule has 8 heterocycles. The van der Waals surface area contributed by atoms with Crippen molar-refractivity contribution in [2.45, 2.75) is 90.9 Å². The van der Waals surface area contributed by atoms with Gasteiger partial charge in [-0.2, -0.15) is 0 Å². The van der Waals surface area contributed by atoms with Crippen molar-refractivity contribution in [2.24, 2.45) is 4.99 Å². The average molecular weight is 1110 g/mol. The lowest BCUT2D eigenvalue weighted by atomic mass is 9.83. The van der Waals surface area contributed by atoms with E-state index in [9.17, 15) is 0 Å². The number of ether oxygens (including phenoxy) is 5. The molecule has 82 heavy (non-hydrogen) atoms. The number of H-pyrrole nitrogens is 4. The number of aliphatic imine (C=N–C) groups is 1. The van der Waals surface area contributed by atoms with Crippen molar-refractivity contribution in [1.82, 2.24) is 24.4 Å². The summed E-state index contributed by atoms with van der Waals surface area (Å²) in [5, 5.41) is 0. The van der Waals surface area contributed by atoms with E-state index < -0.39 is 18.2 Å². The number of benzene rings is 2. The van der Waals surface area contributed by atoms with Gasteiger partial charge in [0.25, 0.3) is 0 Å². The summed E-state index contributed by atoms with van der Waals surface area (Å²) < 4.78 is 62.0. The van der Waals surface area contributed by atoms with Gasteiger partial charge in [-0.3, -0.25) is 8.63 Å². The summed E-state index contributed by atoms with van der Waals surface area (Å²) in [6, 6.07) is 35.4. The number of fused-ring (bicyclic) bond motifs is 8. The van der Waals surface area contributed by atoms with Crippen molar-refractivity contribution in [3.8, 4) is 0 Å². The highest BCUT2D eigenvalue weighted by Crippen LogP contribution is 2.43. The molecular weight excluding hydrogens is 1030 g/mol. The van der Waals surface area contributed by atoms with E-state index in [0.717, 1.165) is 79.2 Å². The zero-order valence-corrected chi connectivity index (χ0v) is 49.4. The summed E-state index contributed by atoms with van der Waals surface area (Å²) in [6.07, 6.45) is 9.88. The van der Waals surface area contributed by atoms with Gasteiger partial charge in [-0.15, -0.1) is 0 Å². The van der Waals surface area contributed by atoms with Gasteiger partial charge in [0.1, 0.15) is 0 Å². The van der Waals surface area contributed by atoms with Crippen LogP contribution in [0, 0.1) is 6.92 Å². The van der Waals surface area contributed by atoms with Crippen LogP contribution >= 0.6 is 0 Å². The Hall–Kier alpha value is -7.01. The fraction of sp³-hybridized carbons (Fsp3) is 0.388. The maximum Gasteiger partial charge on any atom is 0.678 e. The Balaban J connectivity index is 0.964. The Morgan fingerprint density at radius 3 is 1.50 bits per heavy atom. The molecule has 3 aliphatic heterocycles. The number of rotatable bonds is 8. The van der Waals surface area contributed by atoms with E-state index in [2.05, 4.69) is 147 Å². The van der Waals surface area contributed by atoms with Crippen molar-refractivity contribution < 1.29 is 32.3 Å². The van der Waals surface area contributed by atoms with Crippen LogP contribution < -0.4 is 4.90 Å². The van der Waals surface area contributed by atoms with Crippen LogP contribution in [0.3, 0.4) is 0 Å². The third-order valence-corrected chi connectivity index (χ3v) is 16.8. The van der Waals surface area contributed by atoms with Gasteiger partial charge in [-0.05, 0) is 176 Å². The van der Waals surface area contributed by atoms with Crippen LogP contribution in [0.4, 0.5) is 14.3 Å². The highest BCUT2D eigenvalue weighted by molar-refractivity contribution is 6.42. The molecule has 1 saturated heterocycles. The van der Waals surface area contributed by atoms with Gasteiger partial charge in [0.2, 0.25) is 0 Å². The summed E-state index contributed by atoms with van der Waals surface area (Å²) in [5.74, 6) is 0. The smallest absolute Gasteiger partial charge is 0.377 e. The Morgan fingerprint density at radius 1 is 0.524 bits per heavy atom. The number of nitrogens with one attached hydrogen (secondary N) is 4. The Bertz CT molecular complexity index is 3470. The van der Waals surface area contributed by atoms with Crippen molar-refractivity contribution in [3.05, 3.63) is 206 Å². The van der Waals surface area contributed by atoms with Crippen LogP contribution in [0.2, 0.25) is 0 Å². The SMILES string of the molecule is CC1=CC(/C=C/c2ccc(N3CCOCCOCCOCCOCCOCC3)cc2)=NC/1=C(/c1ccccc1)c1c(C)cc(/C=C/c2cc3[nH]c2C(C)(C)c2ccc([nH]2)C(C)(C)c2ccc([nH]2)C(C)(C)c2ccc([nH]2)C3(C)C)n1B(F)F. The molecule has 8 bridgehead atoms. The molecule has 12 nitrogen and oxygen atoms in total. The summed E-state index contributed by atoms with van der Waals surface area (Å²) in [5.41, 5.74) is 14.9. The van der Waals surface area contributed by atoms with E-state index in [4.69, 9.17) is 28.7 Å². The van der Waals surface area contributed by atoms with Crippen LogP contribution in [0.15, 0.2) is 132 Å². The lowest BCUT2D eigenvalue weighted by Crippen LogP contribution is -2.31. The van der Waals surface area contributed by atoms with Crippen LogP contribution in [0.1, 0.15) is 142 Å². The minimum absolute atomic E-state index is 0.332. The van der Waals surface area contributed by atoms with Crippen molar-refractivity contribution in [1.29, 1.82) is 0 Å². The molecule has 0 amide bonds. The molecule has 15 heteroatoms. The molecule has 7 aromatic rings. The molecule has 0 spiro atoms.